The molecular weight excluding hydrogens is 372 g/mol. The molecule has 1 amide bonds. The van der Waals surface area contributed by atoms with E-state index in [0.29, 0.717) is 6.42 Å². The van der Waals surface area contributed by atoms with E-state index >= 15 is 0 Å². The van der Waals surface area contributed by atoms with Crippen LogP contribution >= 0.6 is 0 Å². The molecule has 0 aliphatic rings. The molecule has 0 unspecified atom stereocenters. The lowest BCUT2D eigenvalue weighted by molar-refractivity contribution is -0.122. The van der Waals surface area contributed by atoms with Gasteiger partial charge in [0.15, 0.2) is 6.10 Å². The van der Waals surface area contributed by atoms with E-state index in [1.807, 2.05) is 45.0 Å². The molecule has 0 radical (unpaired) electrons. The number of anilines is 1. The average Bonchev–Trinajstić information content (AvgIpc) is 3.07. The molecule has 4 aromatic rings. The Morgan fingerprint density at radius 2 is 1.73 bits per heavy atom. The fourth-order valence-corrected chi connectivity index (χ4v) is 4.00. The molecule has 4 rings (SSSR count). The van der Waals surface area contributed by atoms with Crippen molar-refractivity contribution in [2.45, 2.75) is 46.8 Å². The van der Waals surface area contributed by atoms with E-state index in [0.717, 1.165) is 34.5 Å². The number of rotatable bonds is 6. The second-order valence-electron chi connectivity index (χ2n) is 7.77. The summed E-state index contributed by atoms with van der Waals surface area (Å²) in [6.45, 7) is 9.04. The van der Waals surface area contributed by atoms with Gasteiger partial charge >= 0.3 is 0 Å². The van der Waals surface area contributed by atoms with Crippen LogP contribution in [0.3, 0.4) is 0 Å². The Balaban J connectivity index is 1.62. The van der Waals surface area contributed by atoms with Gasteiger partial charge in [-0.1, -0.05) is 37.3 Å². The zero-order valence-corrected chi connectivity index (χ0v) is 18.0. The number of aryl methyl sites for hydroxylation is 3. The summed E-state index contributed by atoms with van der Waals surface area (Å²) in [5.74, 6) is 0.635. The van der Waals surface area contributed by atoms with E-state index in [9.17, 15) is 4.79 Å². The third-order valence-electron chi connectivity index (χ3n) is 5.63. The van der Waals surface area contributed by atoms with Gasteiger partial charge in [0.05, 0.1) is 0 Å². The monoisotopic (exact) mass is 400 g/mol. The van der Waals surface area contributed by atoms with Crippen molar-refractivity contribution in [2.24, 2.45) is 0 Å². The number of para-hydroxylation sites is 1. The number of benzene rings is 3. The van der Waals surface area contributed by atoms with E-state index in [2.05, 4.69) is 53.2 Å². The molecule has 30 heavy (non-hydrogen) atoms. The van der Waals surface area contributed by atoms with E-state index in [1.54, 1.807) is 0 Å². The van der Waals surface area contributed by atoms with Crippen molar-refractivity contribution in [3.8, 4) is 5.75 Å². The maximum absolute atomic E-state index is 13.0. The van der Waals surface area contributed by atoms with Crippen LogP contribution in [0.1, 0.15) is 31.4 Å². The molecule has 0 aliphatic heterocycles. The fourth-order valence-electron chi connectivity index (χ4n) is 4.00. The Kier molecular flexibility index (Phi) is 5.49. The van der Waals surface area contributed by atoms with Crippen molar-refractivity contribution in [2.75, 3.05) is 5.32 Å². The molecule has 1 heterocycles. The normalized spacial score (nSPS) is 12.3. The van der Waals surface area contributed by atoms with Gasteiger partial charge < -0.3 is 14.6 Å². The lowest BCUT2D eigenvalue weighted by Crippen LogP contribution is -2.32. The molecule has 0 spiro atoms. The summed E-state index contributed by atoms with van der Waals surface area (Å²) in [5, 5.41) is 5.40. The van der Waals surface area contributed by atoms with Crippen LogP contribution in [0.5, 0.6) is 5.75 Å². The van der Waals surface area contributed by atoms with Crippen LogP contribution in [-0.2, 0) is 11.3 Å². The van der Waals surface area contributed by atoms with Gasteiger partial charge in [0.1, 0.15) is 5.75 Å². The number of carbonyl (C=O) groups is 1. The molecule has 0 bridgehead atoms. The molecule has 1 atom stereocenters. The van der Waals surface area contributed by atoms with Crippen molar-refractivity contribution in [1.82, 2.24) is 4.57 Å². The van der Waals surface area contributed by atoms with Crippen molar-refractivity contribution in [1.29, 1.82) is 0 Å². The number of nitrogens with zero attached hydrogens (tertiary/aromatic N) is 1. The van der Waals surface area contributed by atoms with Gasteiger partial charge in [-0.3, -0.25) is 4.79 Å². The largest absolute Gasteiger partial charge is 0.480 e. The van der Waals surface area contributed by atoms with Crippen molar-refractivity contribution < 1.29 is 9.53 Å². The number of hydrogen-bond donors (Lipinski definition) is 1. The Labute approximate surface area is 177 Å². The summed E-state index contributed by atoms with van der Waals surface area (Å²) in [5.41, 5.74) is 5.32. The highest BCUT2D eigenvalue weighted by Crippen LogP contribution is 2.31. The maximum atomic E-state index is 13.0. The van der Waals surface area contributed by atoms with E-state index in [1.165, 1.54) is 16.4 Å². The van der Waals surface area contributed by atoms with Crippen LogP contribution in [0.2, 0.25) is 0 Å². The number of amides is 1. The van der Waals surface area contributed by atoms with E-state index in [-0.39, 0.29) is 5.91 Å². The molecule has 0 saturated carbocycles. The minimum absolute atomic E-state index is 0.128. The number of nitrogens with one attached hydrogen (secondary N) is 1. The van der Waals surface area contributed by atoms with Crippen molar-refractivity contribution >= 4 is 33.4 Å². The highest BCUT2D eigenvalue weighted by molar-refractivity contribution is 6.10. The second-order valence-corrected chi connectivity index (χ2v) is 7.77. The van der Waals surface area contributed by atoms with E-state index < -0.39 is 6.10 Å². The zero-order chi connectivity index (χ0) is 21.3. The molecular formula is C26H28N2O2. The summed E-state index contributed by atoms with van der Waals surface area (Å²) < 4.78 is 8.37. The second kappa shape index (κ2) is 8.23. The van der Waals surface area contributed by atoms with Crippen LogP contribution in [0.15, 0.2) is 60.7 Å². The SMILES string of the molecule is CC[C@@H](Oc1cc(C)ccc1C)C(=O)Nc1ccc2c(c1)c1ccccc1n2CC. The molecule has 0 fully saturated rings. The number of fused-ring (bicyclic) bond motifs is 3. The van der Waals surface area contributed by atoms with Crippen LogP contribution in [0.25, 0.3) is 21.8 Å². The number of aromatic nitrogens is 1. The van der Waals surface area contributed by atoms with Gasteiger partial charge in [0, 0.05) is 34.0 Å². The summed E-state index contributed by atoms with van der Waals surface area (Å²) in [6, 6.07) is 20.6. The van der Waals surface area contributed by atoms with Gasteiger partial charge in [-0.05, 0) is 68.7 Å². The zero-order valence-electron chi connectivity index (χ0n) is 18.0. The number of hydrogen-bond acceptors (Lipinski definition) is 2. The molecule has 1 N–H and O–H groups in total. The maximum Gasteiger partial charge on any atom is 0.265 e. The quantitative estimate of drug-likeness (QED) is 0.417. The van der Waals surface area contributed by atoms with Crippen molar-refractivity contribution in [3.63, 3.8) is 0 Å². The molecule has 4 nitrogen and oxygen atoms in total. The predicted molar refractivity (Wildman–Crippen MR) is 124 cm³/mol. The van der Waals surface area contributed by atoms with Crippen molar-refractivity contribution in [3.05, 3.63) is 71.8 Å². The van der Waals surface area contributed by atoms with Gasteiger partial charge in [-0.2, -0.15) is 0 Å². The highest BCUT2D eigenvalue weighted by Gasteiger charge is 2.20. The summed E-state index contributed by atoms with van der Waals surface area (Å²) >= 11 is 0. The minimum Gasteiger partial charge on any atom is -0.480 e. The summed E-state index contributed by atoms with van der Waals surface area (Å²) in [4.78, 5) is 13.0. The minimum atomic E-state index is -0.543. The fraction of sp³-hybridized carbons (Fsp3) is 0.269. The topological polar surface area (TPSA) is 43.3 Å². The van der Waals surface area contributed by atoms with Gasteiger partial charge in [-0.15, -0.1) is 0 Å². The first-order valence-electron chi connectivity index (χ1n) is 10.6. The van der Waals surface area contributed by atoms with Gasteiger partial charge in [0.2, 0.25) is 0 Å². The lowest BCUT2D eigenvalue weighted by Gasteiger charge is -2.19. The molecule has 154 valence electrons. The van der Waals surface area contributed by atoms with Crippen LogP contribution in [0, 0.1) is 13.8 Å². The Morgan fingerprint density at radius 3 is 2.50 bits per heavy atom. The van der Waals surface area contributed by atoms with E-state index in [4.69, 9.17) is 4.74 Å². The molecule has 0 aliphatic carbocycles. The van der Waals surface area contributed by atoms with Gasteiger partial charge in [0.25, 0.3) is 5.91 Å². The van der Waals surface area contributed by atoms with Crippen LogP contribution in [0.4, 0.5) is 5.69 Å². The first kappa shape index (κ1) is 20.0. The van der Waals surface area contributed by atoms with Crippen LogP contribution < -0.4 is 10.1 Å². The van der Waals surface area contributed by atoms with Crippen LogP contribution in [-0.4, -0.2) is 16.6 Å². The third kappa shape index (κ3) is 3.65. The molecule has 4 heteroatoms. The highest BCUT2D eigenvalue weighted by atomic mass is 16.5. The molecule has 3 aromatic carbocycles. The Morgan fingerprint density at radius 1 is 0.967 bits per heavy atom. The van der Waals surface area contributed by atoms with Gasteiger partial charge in [-0.25, -0.2) is 0 Å². The summed E-state index contributed by atoms with van der Waals surface area (Å²) in [6.07, 6.45) is 0.0505. The smallest absolute Gasteiger partial charge is 0.265 e. The summed E-state index contributed by atoms with van der Waals surface area (Å²) in [7, 11) is 0. The number of ether oxygens (including phenoxy) is 1. The predicted octanol–water partition coefficient (Wildman–Crippen LogP) is 6.23. The first-order valence-corrected chi connectivity index (χ1v) is 10.6. The average molecular weight is 401 g/mol. The Hall–Kier alpha value is -3.27. The molecule has 0 saturated heterocycles. The number of carbonyl (C=O) groups excluding carboxylic acids is 1. The lowest BCUT2D eigenvalue weighted by atomic mass is 10.1. The standard InChI is InChI=1S/C26H28N2O2/c1-5-24(30-25-15-17(3)11-12-18(25)4)26(29)27-19-13-14-23-21(16-19)20-9-7-8-10-22(20)28(23)6-2/h7-16,24H,5-6H2,1-4H3,(H,27,29)/t24-/m1/s1. The first-order chi connectivity index (χ1) is 14.5. The molecule has 1 aromatic heterocycles. The Bertz CT molecular complexity index is 1220. The third-order valence-corrected chi connectivity index (χ3v) is 5.63.